The Bertz CT molecular complexity index is 744. The van der Waals surface area contributed by atoms with Crippen molar-refractivity contribution in [1.82, 2.24) is 0 Å². The summed E-state index contributed by atoms with van der Waals surface area (Å²) in [6.45, 7) is 0. The summed E-state index contributed by atoms with van der Waals surface area (Å²) >= 11 is 1.31. The molecule has 0 bridgehead atoms. The minimum absolute atomic E-state index is 0.297. The van der Waals surface area contributed by atoms with Gasteiger partial charge in [-0.3, -0.25) is 4.79 Å². The molecule has 6 heteroatoms. The van der Waals surface area contributed by atoms with Crippen LogP contribution in [-0.4, -0.2) is 20.1 Å². The van der Waals surface area contributed by atoms with Crippen LogP contribution in [-0.2, 0) is 4.79 Å². The Hall–Kier alpha value is -2.78. The predicted octanol–water partition coefficient (Wildman–Crippen LogP) is 3.29. The van der Waals surface area contributed by atoms with Gasteiger partial charge in [-0.2, -0.15) is 5.26 Å². The number of anilines is 1. The number of amides is 1. The highest BCUT2D eigenvalue weighted by molar-refractivity contribution is 7.14. The smallest absolute Gasteiger partial charge is 0.249 e. The predicted molar refractivity (Wildman–Crippen MR) is 86.2 cm³/mol. The maximum Gasteiger partial charge on any atom is 0.249 e. The maximum absolute atomic E-state index is 11.9. The van der Waals surface area contributed by atoms with Gasteiger partial charge >= 0.3 is 0 Å². The van der Waals surface area contributed by atoms with Gasteiger partial charge in [-0.25, -0.2) is 0 Å². The van der Waals surface area contributed by atoms with Crippen molar-refractivity contribution < 1.29 is 14.3 Å². The summed E-state index contributed by atoms with van der Waals surface area (Å²) in [5.41, 5.74) is 1.26. The summed E-state index contributed by atoms with van der Waals surface area (Å²) < 4.78 is 10.4. The van der Waals surface area contributed by atoms with Crippen molar-refractivity contribution in [3.05, 3.63) is 46.8 Å². The molecule has 0 spiro atoms. The van der Waals surface area contributed by atoms with E-state index in [0.29, 0.717) is 22.1 Å². The molecule has 0 saturated carbocycles. The topological polar surface area (TPSA) is 71.3 Å². The zero-order chi connectivity index (χ0) is 15.9. The summed E-state index contributed by atoms with van der Waals surface area (Å²) in [6.07, 6.45) is 3.07. The van der Waals surface area contributed by atoms with Crippen molar-refractivity contribution in [3.63, 3.8) is 0 Å². The van der Waals surface area contributed by atoms with Gasteiger partial charge in [0.15, 0.2) is 11.5 Å². The van der Waals surface area contributed by atoms with E-state index in [2.05, 4.69) is 5.32 Å². The lowest BCUT2D eigenvalue weighted by Gasteiger charge is -2.07. The lowest BCUT2D eigenvalue weighted by Crippen LogP contribution is -2.07. The van der Waals surface area contributed by atoms with Crippen LogP contribution in [0.15, 0.2) is 35.7 Å². The number of thiophene rings is 1. The number of benzene rings is 1. The van der Waals surface area contributed by atoms with Gasteiger partial charge in [0.25, 0.3) is 0 Å². The molecule has 0 aliphatic carbocycles. The molecule has 0 saturated heterocycles. The van der Waals surface area contributed by atoms with Crippen LogP contribution in [0.2, 0.25) is 0 Å². The Kier molecular flexibility index (Phi) is 5.17. The molecule has 1 aromatic carbocycles. The molecule has 112 valence electrons. The first kappa shape index (κ1) is 15.6. The van der Waals surface area contributed by atoms with Crippen molar-refractivity contribution in [3.8, 4) is 17.6 Å². The van der Waals surface area contributed by atoms with Crippen molar-refractivity contribution in [2.45, 2.75) is 0 Å². The first-order valence-corrected chi connectivity index (χ1v) is 7.24. The number of hydrogen-bond donors (Lipinski definition) is 1. The maximum atomic E-state index is 11.9. The van der Waals surface area contributed by atoms with Gasteiger partial charge in [0.05, 0.1) is 19.8 Å². The zero-order valence-electron chi connectivity index (χ0n) is 12.1. The average molecular weight is 314 g/mol. The van der Waals surface area contributed by atoms with Crippen molar-refractivity contribution in [2.75, 3.05) is 19.5 Å². The third-order valence-electron chi connectivity index (χ3n) is 2.86. The largest absolute Gasteiger partial charge is 0.493 e. The van der Waals surface area contributed by atoms with Crippen LogP contribution in [0.1, 0.15) is 11.1 Å². The SMILES string of the molecule is COc1ccc(C=CC(=O)Nc2sccc2C#N)cc1OC. The van der Waals surface area contributed by atoms with Crippen LogP contribution in [0.5, 0.6) is 11.5 Å². The second-order valence-corrected chi connectivity index (χ2v) is 5.13. The fourth-order valence-electron chi connectivity index (χ4n) is 1.78. The van der Waals surface area contributed by atoms with Crippen LogP contribution in [0.3, 0.4) is 0 Å². The molecule has 1 amide bonds. The van der Waals surface area contributed by atoms with E-state index < -0.39 is 0 Å². The Balaban J connectivity index is 2.08. The van der Waals surface area contributed by atoms with Gasteiger partial charge < -0.3 is 14.8 Å². The second-order valence-electron chi connectivity index (χ2n) is 4.21. The fraction of sp³-hybridized carbons (Fsp3) is 0.125. The van der Waals surface area contributed by atoms with E-state index in [-0.39, 0.29) is 5.91 Å². The minimum atomic E-state index is -0.297. The van der Waals surface area contributed by atoms with Gasteiger partial charge in [-0.15, -0.1) is 11.3 Å². The fourth-order valence-corrected chi connectivity index (χ4v) is 2.52. The second kappa shape index (κ2) is 7.29. The summed E-state index contributed by atoms with van der Waals surface area (Å²) in [5.74, 6) is 0.921. The van der Waals surface area contributed by atoms with Gasteiger partial charge in [0, 0.05) is 6.08 Å². The molecule has 0 radical (unpaired) electrons. The van der Waals surface area contributed by atoms with Crippen LogP contribution in [0, 0.1) is 11.3 Å². The van der Waals surface area contributed by atoms with E-state index in [1.165, 1.54) is 17.4 Å². The number of hydrogen-bond acceptors (Lipinski definition) is 5. The van der Waals surface area contributed by atoms with Crippen molar-refractivity contribution in [1.29, 1.82) is 5.26 Å². The highest BCUT2D eigenvalue weighted by atomic mass is 32.1. The van der Waals surface area contributed by atoms with Gasteiger partial charge in [-0.05, 0) is 35.2 Å². The quantitative estimate of drug-likeness (QED) is 0.860. The monoisotopic (exact) mass is 314 g/mol. The Morgan fingerprint density at radius 2 is 2.05 bits per heavy atom. The average Bonchev–Trinajstić information content (AvgIpc) is 2.99. The van der Waals surface area contributed by atoms with E-state index in [4.69, 9.17) is 14.7 Å². The summed E-state index contributed by atoms with van der Waals surface area (Å²) in [4.78, 5) is 11.9. The standard InChI is InChI=1S/C16H14N2O3S/c1-20-13-5-3-11(9-14(13)21-2)4-6-15(19)18-16-12(10-17)7-8-22-16/h3-9H,1-2H3,(H,18,19). The number of nitrogens with one attached hydrogen (secondary N) is 1. The van der Waals surface area contributed by atoms with E-state index in [1.807, 2.05) is 12.1 Å². The normalized spacial score (nSPS) is 10.2. The van der Waals surface area contributed by atoms with E-state index in [9.17, 15) is 4.79 Å². The number of ether oxygens (including phenoxy) is 2. The molecular weight excluding hydrogens is 300 g/mol. The molecule has 1 N–H and O–H groups in total. The number of nitrogens with zero attached hydrogens (tertiary/aromatic N) is 1. The number of rotatable bonds is 5. The molecule has 22 heavy (non-hydrogen) atoms. The molecule has 0 fully saturated rings. The molecule has 5 nitrogen and oxygen atoms in total. The van der Waals surface area contributed by atoms with Crippen molar-refractivity contribution >= 4 is 28.3 Å². The number of methoxy groups -OCH3 is 2. The Morgan fingerprint density at radius 1 is 1.27 bits per heavy atom. The summed E-state index contributed by atoms with van der Waals surface area (Å²) in [6, 6.07) is 9.04. The summed E-state index contributed by atoms with van der Waals surface area (Å²) in [7, 11) is 3.12. The molecule has 1 heterocycles. The minimum Gasteiger partial charge on any atom is -0.493 e. The zero-order valence-corrected chi connectivity index (χ0v) is 12.9. The van der Waals surface area contributed by atoms with E-state index in [0.717, 1.165) is 5.56 Å². The molecule has 0 aliphatic heterocycles. The van der Waals surface area contributed by atoms with Gasteiger partial charge in [-0.1, -0.05) is 6.07 Å². The lowest BCUT2D eigenvalue weighted by molar-refractivity contribution is -0.111. The van der Waals surface area contributed by atoms with Gasteiger partial charge in [0.1, 0.15) is 11.1 Å². The molecular formula is C16H14N2O3S. The molecule has 2 aromatic rings. The molecule has 2 rings (SSSR count). The third-order valence-corrected chi connectivity index (χ3v) is 3.69. The van der Waals surface area contributed by atoms with Crippen LogP contribution in [0.25, 0.3) is 6.08 Å². The van der Waals surface area contributed by atoms with Crippen LogP contribution >= 0.6 is 11.3 Å². The lowest BCUT2D eigenvalue weighted by atomic mass is 10.2. The number of nitriles is 1. The molecule has 0 unspecified atom stereocenters. The highest BCUT2D eigenvalue weighted by Gasteiger charge is 2.06. The molecule has 0 aliphatic rings. The molecule has 0 atom stereocenters. The molecule has 1 aromatic heterocycles. The van der Waals surface area contributed by atoms with Crippen molar-refractivity contribution in [2.24, 2.45) is 0 Å². The highest BCUT2D eigenvalue weighted by Crippen LogP contribution is 2.28. The van der Waals surface area contributed by atoms with E-state index >= 15 is 0 Å². The number of carbonyl (C=O) groups is 1. The van der Waals surface area contributed by atoms with Crippen LogP contribution < -0.4 is 14.8 Å². The van der Waals surface area contributed by atoms with Crippen LogP contribution in [0.4, 0.5) is 5.00 Å². The first-order chi connectivity index (χ1) is 10.7. The first-order valence-electron chi connectivity index (χ1n) is 6.36. The Labute approximate surface area is 132 Å². The number of carbonyl (C=O) groups excluding carboxylic acids is 1. The Morgan fingerprint density at radius 3 is 2.73 bits per heavy atom. The third kappa shape index (κ3) is 3.65. The summed E-state index contributed by atoms with van der Waals surface area (Å²) in [5, 5.41) is 13.9. The van der Waals surface area contributed by atoms with E-state index in [1.54, 1.807) is 43.9 Å². The van der Waals surface area contributed by atoms with Gasteiger partial charge in [0.2, 0.25) is 5.91 Å².